The molecule has 0 aliphatic heterocycles. The zero-order chi connectivity index (χ0) is 9.97. The van der Waals surface area contributed by atoms with Gasteiger partial charge in [-0.15, -0.1) is 0 Å². The first-order valence-corrected chi connectivity index (χ1v) is 4.46. The average Bonchev–Trinajstić information content (AvgIpc) is 2.51. The van der Waals surface area contributed by atoms with Crippen LogP contribution in [0.3, 0.4) is 0 Å². The van der Waals surface area contributed by atoms with E-state index in [0.717, 1.165) is 22.2 Å². The summed E-state index contributed by atoms with van der Waals surface area (Å²) in [4.78, 5) is 3.28. The number of nitrogens with zero attached hydrogens (tertiary/aromatic N) is 1. The Morgan fingerprint density at radius 1 is 1.36 bits per heavy atom. The van der Waals surface area contributed by atoms with Crippen molar-refractivity contribution in [3.8, 4) is 6.07 Å². The lowest BCUT2D eigenvalue weighted by atomic mass is 10.1. The molecule has 68 valence electrons. The summed E-state index contributed by atoms with van der Waals surface area (Å²) in [5, 5.41) is 9.64. The summed E-state index contributed by atoms with van der Waals surface area (Å²) in [5.41, 5.74) is 3.31. The van der Waals surface area contributed by atoms with Crippen molar-refractivity contribution in [2.75, 3.05) is 0 Å². The fraction of sp³-hybridized carbons (Fsp3) is 0.0833. The third kappa shape index (κ3) is 1.29. The highest BCUT2D eigenvalue weighted by molar-refractivity contribution is 5.90. The molecule has 0 aliphatic rings. The van der Waals surface area contributed by atoms with Gasteiger partial charge in [-0.2, -0.15) is 5.26 Å². The monoisotopic (exact) mass is 182 g/mol. The summed E-state index contributed by atoms with van der Waals surface area (Å²) >= 11 is 0. The molecule has 0 fully saturated rings. The molecule has 0 spiro atoms. The normalized spacial score (nSPS) is 10.9. The fourth-order valence-electron chi connectivity index (χ4n) is 1.63. The third-order valence-electron chi connectivity index (χ3n) is 2.27. The molecule has 2 nitrogen and oxygen atoms in total. The van der Waals surface area contributed by atoms with Gasteiger partial charge in [-0.05, 0) is 19.1 Å². The average molecular weight is 182 g/mol. The molecule has 0 amide bonds. The van der Waals surface area contributed by atoms with Crippen LogP contribution in [0.5, 0.6) is 0 Å². The Morgan fingerprint density at radius 3 is 2.93 bits per heavy atom. The molecule has 0 unspecified atom stereocenters. The molecule has 0 bridgehead atoms. The number of H-pyrrole nitrogens is 1. The van der Waals surface area contributed by atoms with Gasteiger partial charge in [-0.25, -0.2) is 0 Å². The van der Waals surface area contributed by atoms with E-state index in [2.05, 4.69) is 11.1 Å². The molecule has 2 rings (SSSR count). The Morgan fingerprint density at radius 2 is 2.14 bits per heavy atom. The summed E-state index contributed by atoms with van der Waals surface area (Å²) < 4.78 is 0. The number of allylic oxidation sites excluding steroid dienone is 1. The highest BCUT2D eigenvalue weighted by Gasteiger charge is 2.03. The molecule has 2 aromatic rings. The molecule has 0 saturated heterocycles. The van der Waals surface area contributed by atoms with Crippen molar-refractivity contribution >= 4 is 17.0 Å². The molecule has 0 saturated carbocycles. The quantitative estimate of drug-likeness (QED) is 0.676. The summed E-state index contributed by atoms with van der Waals surface area (Å²) in [6.45, 7) is 2.01. The van der Waals surface area contributed by atoms with E-state index in [-0.39, 0.29) is 0 Å². The summed E-state index contributed by atoms with van der Waals surface area (Å²) in [5.74, 6) is 0. The molecule has 1 aromatic carbocycles. The number of benzene rings is 1. The van der Waals surface area contributed by atoms with E-state index in [9.17, 15) is 0 Å². The van der Waals surface area contributed by atoms with Gasteiger partial charge in [0, 0.05) is 28.2 Å². The molecule has 1 aromatic heterocycles. The molecule has 1 N–H and O–H groups in total. The summed E-state index contributed by atoms with van der Waals surface area (Å²) in [7, 11) is 0. The van der Waals surface area contributed by atoms with Crippen LogP contribution in [-0.2, 0) is 0 Å². The van der Waals surface area contributed by atoms with Crippen LogP contribution in [0.2, 0.25) is 0 Å². The van der Waals surface area contributed by atoms with Gasteiger partial charge in [0.1, 0.15) is 0 Å². The number of aromatic nitrogens is 1. The first kappa shape index (κ1) is 8.58. The molecule has 0 atom stereocenters. The van der Waals surface area contributed by atoms with Gasteiger partial charge < -0.3 is 4.98 Å². The minimum atomic E-state index is 1.10. The fourth-order valence-corrected chi connectivity index (χ4v) is 1.63. The van der Waals surface area contributed by atoms with Gasteiger partial charge in [0.2, 0.25) is 0 Å². The van der Waals surface area contributed by atoms with Gasteiger partial charge in [-0.3, -0.25) is 0 Å². The Bertz CT molecular complexity index is 527. The maximum absolute atomic E-state index is 8.48. The predicted molar refractivity (Wildman–Crippen MR) is 57.7 cm³/mol. The number of nitrogens with one attached hydrogen (secondary N) is 1. The SMILES string of the molecule is Cc1[nH]c2ccccc2c1C=CC#N. The second kappa shape index (κ2) is 3.39. The van der Waals surface area contributed by atoms with Gasteiger partial charge >= 0.3 is 0 Å². The summed E-state index contributed by atoms with van der Waals surface area (Å²) in [6, 6.07) is 10.1. The van der Waals surface area contributed by atoms with Crippen molar-refractivity contribution in [1.82, 2.24) is 4.98 Å². The third-order valence-corrected chi connectivity index (χ3v) is 2.27. The van der Waals surface area contributed by atoms with Crippen LogP contribution >= 0.6 is 0 Å². The zero-order valence-corrected chi connectivity index (χ0v) is 7.91. The number of fused-ring (bicyclic) bond motifs is 1. The number of hydrogen-bond donors (Lipinski definition) is 1. The smallest absolute Gasteiger partial charge is 0.0912 e. The van der Waals surface area contributed by atoms with E-state index in [1.54, 1.807) is 0 Å². The van der Waals surface area contributed by atoms with Gasteiger partial charge in [0.05, 0.1) is 6.07 Å². The largest absolute Gasteiger partial charge is 0.358 e. The molecule has 2 heteroatoms. The zero-order valence-electron chi connectivity index (χ0n) is 7.91. The van der Waals surface area contributed by atoms with Crippen LogP contribution in [0.25, 0.3) is 17.0 Å². The summed E-state index contributed by atoms with van der Waals surface area (Å²) in [6.07, 6.45) is 3.34. The van der Waals surface area contributed by atoms with Gasteiger partial charge in [0.25, 0.3) is 0 Å². The van der Waals surface area contributed by atoms with Crippen LogP contribution in [-0.4, -0.2) is 4.98 Å². The Hall–Kier alpha value is -2.01. The molecule has 0 radical (unpaired) electrons. The van der Waals surface area contributed by atoms with E-state index in [4.69, 9.17) is 5.26 Å². The number of aryl methyl sites for hydroxylation is 1. The number of para-hydroxylation sites is 1. The lowest BCUT2D eigenvalue weighted by Crippen LogP contribution is -1.72. The van der Waals surface area contributed by atoms with Gasteiger partial charge in [0.15, 0.2) is 0 Å². The molecule has 1 heterocycles. The number of hydrogen-bond acceptors (Lipinski definition) is 1. The number of aromatic amines is 1. The van der Waals surface area contributed by atoms with E-state index in [1.165, 1.54) is 6.08 Å². The molecular weight excluding hydrogens is 172 g/mol. The lowest BCUT2D eigenvalue weighted by Gasteiger charge is -1.90. The Labute approximate surface area is 82.5 Å². The molecular formula is C12H10N2. The minimum absolute atomic E-state index is 1.10. The maximum atomic E-state index is 8.48. The van der Waals surface area contributed by atoms with Crippen LogP contribution < -0.4 is 0 Å². The minimum Gasteiger partial charge on any atom is -0.358 e. The lowest BCUT2D eigenvalue weighted by molar-refractivity contribution is 1.29. The van der Waals surface area contributed by atoms with Crippen molar-refractivity contribution in [3.05, 3.63) is 41.6 Å². The molecule has 14 heavy (non-hydrogen) atoms. The number of nitriles is 1. The van der Waals surface area contributed by atoms with Crippen molar-refractivity contribution in [1.29, 1.82) is 5.26 Å². The van der Waals surface area contributed by atoms with Crippen LogP contribution in [0.4, 0.5) is 0 Å². The predicted octanol–water partition coefficient (Wildman–Crippen LogP) is 3.01. The van der Waals surface area contributed by atoms with E-state index >= 15 is 0 Å². The highest BCUT2D eigenvalue weighted by Crippen LogP contribution is 2.22. The van der Waals surface area contributed by atoms with Crippen molar-refractivity contribution in [3.63, 3.8) is 0 Å². The Balaban J connectivity index is 2.69. The maximum Gasteiger partial charge on any atom is 0.0912 e. The van der Waals surface area contributed by atoms with E-state index in [0.29, 0.717) is 0 Å². The van der Waals surface area contributed by atoms with Crippen molar-refractivity contribution < 1.29 is 0 Å². The standard InChI is InChI=1S/C12H10N2/c1-9-10(6-4-8-13)11-5-2-3-7-12(11)14-9/h2-7,14H,1H3. The van der Waals surface area contributed by atoms with Crippen LogP contribution in [0.1, 0.15) is 11.3 Å². The number of rotatable bonds is 1. The first-order valence-electron chi connectivity index (χ1n) is 4.46. The second-order valence-corrected chi connectivity index (χ2v) is 3.17. The van der Waals surface area contributed by atoms with E-state index < -0.39 is 0 Å². The second-order valence-electron chi connectivity index (χ2n) is 3.17. The molecule has 0 aliphatic carbocycles. The first-order chi connectivity index (χ1) is 6.83. The Kier molecular flexibility index (Phi) is 2.08. The van der Waals surface area contributed by atoms with Crippen molar-refractivity contribution in [2.45, 2.75) is 6.92 Å². The van der Waals surface area contributed by atoms with Crippen molar-refractivity contribution in [2.24, 2.45) is 0 Å². The van der Waals surface area contributed by atoms with Gasteiger partial charge in [-0.1, -0.05) is 18.2 Å². The van der Waals surface area contributed by atoms with E-state index in [1.807, 2.05) is 37.3 Å². The van der Waals surface area contributed by atoms with Crippen LogP contribution in [0, 0.1) is 18.3 Å². The van der Waals surface area contributed by atoms with Crippen LogP contribution in [0.15, 0.2) is 30.3 Å². The highest BCUT2D eigenvalue weighted by atomic mass is 14.7. The topological polar surface area (TPSA) is 39.6 Å².